The van der Waals surface area contributed by atoms with Crippen LogP contribution in [0.4, 0.5) is 11.4 Å². The summed E-state index contributed by atoms with van der Waals surface area (Å²) in [5.74, 6) is 14.0. The molecular formula is C53H52Cl4N12O3S2. The Morgan fingerprint density at radius 3 is 1.50 bits per heavy atom. The number of aliphatic hydroxyl groups is 1. The predicted molar refractivity (Wildman–Crippen MR) is 292 cm³/mol. The van der Waals surface area contributed by atoms with Crippen molar-refractivity contribution >= 4 is 93.1 Å². The number of likely N-dealkylation sites (N-methyl/N-ethyl adjacent to an activating group) is 1. The summed E-state index contributed by atoms with van der Waals surface area (Å²) in [4.78, 5) is 30.2. The number of benzene rings is 4. The van der Waals surface area contributed by atoms with Crippen LogP contribution in [0.2, 0.25) is 20.1 Å². The number of hydrogen-bond acceptors (Lipinski definition) is 13. The largest absolute Gasteiger partial charge is 0.395 e. The van der Waals surface area contributed by atoms with E-state index in [1.165, 1.54) is 65.0 Å². The van der Waals surface area contributed by atoms with Crippen LogP contribution in [0.1, 0.15) is 85.5 Å². The van der Waals surface area contributed by atoms with Crippen LogP contribution in [0.3, 0.4) is 0 Å². The Balaban J connectivity index is 0.000000172. The lowest BCUT2D eigenvalue weighted by Gasteiger charge is -2.33. The first-order valence-corrected chi connectivity index (χ1v) is 28.0. The van der Waals surface area contributed by atoms with Crippen molar-refractivity contribution in [2.24, 2.45) is 10.8 Å². The van der Waals surface area contributed by atoms with Gasteiger partial charge in [-0.05, 0) is 163 Å². The molecule has 4 saturated carbocycles. The van der Waals surface area contributed by atoms with Crippen molar-refractivity contribution in [3.05, 3.63) is 115 Å². The van der Waals surface area contributed by atoms with Crippen LogP contribution in [0, 0.1) is 34.5 Å². The Kier molecular flexibility index (Phi) is 16.2. The van der Waals surface area contributed by atoms with Crippen LogP contribution in [0.5, 0.6) is 0 Å². The summed E-state index contributed by atoms with van der Waals surface area (Å²) >= 11 is 28.3. The van der Waals surface area contributed by atoms with E-state index in [4.69, 9.17) is 46.4 Å². The second-order valence-electron chi connectivity index (χ2n) is 19.6. The molecule has 4 aromatic carbocycles. The molecule has 382 valence electrons. The van der Waals surface area contributed by atoms with E-state index < -0.39 is 0 Å². The van der Waals surface area contributed by atoms with E-state index in [1.54, 1.807) is 28.9 Å². The topological polar surface area (TPSA) is 172 Å². The third kappa shape index (κ3) is 13.4. The highest BCUT2D eigenvalue weighted by Gasteiger charge is 2.43. The van der Waals surface area contributed by atoms with Gasteiger partial charge in [-0.2, -0.15) is 9.36 Å². The van der Waals surface area contributed by atoms with Gasteiger partial charge in [0.25, 0.3) is 0 Å². The zero-order chi connectivity index (χ0) is 51.4. The number of halogens is 4. The summed E-state index contributed by atoms with van der Waals surface area (Å²) in [6, 6.07) is 22.6. The third-order valence-electron chi connectivity index (χ3n) is 13.6. The van der Waals surface area contributed by atoms with E-state index in [0.717, 1.165) is 69.5 Å². The quantitative estimate of drug-likeness (QED) is 0.0657. The summed E-state index contributed by atoms with van der Waals surface area (Å²) in [7, 11) is 2.18. The number of carbonyl (C=O) groups excluding carboxylic acids is 2. The predicted octanol–water partition coefficient (Wildman–Crippen LogP) is 9.66. The van der Waals surface area contributed by atoms with Crippen LogP contribution in [-0.2, 0) is 9.59 Å². The van der Waals surface area contributed by atoms with E-state index in [0.29, 0.717) is 65.0 Å². The molecule has 0 atom stereocenters. The van der Waals surface area contributed by atoms with E-state index >= 15 is 0 Å². The van der Waals surface area contributed by atoms with Crippen molar-refractivity contribution < 1.29 is 14.7 Å². The normalized spacial score (nSPS) is 17.4. The van der Waals surface area contributed by atoms with Crippen molar-refractivity contribution in [1.29, 1.82) is 0 Å². The lowest BCUT2D eigenvalue weighted by atomic mass is 10.1. The van der Waals surface area contributed by atoms with Crippen molar-refractivity contribution in [2.45, 2.75) is 73.5 Å². The first-order valence-electron chi connectivity index (χ1n) is 24.5. The number of thioether (sulfide) groups is 2. The Morgan fingerprint density at radius 2 is 1.09 bits per heavy atom. The minimum Gasteiger partial charge on any atom is -0.395 e. The van der Waals surface area contributed by atoms with Gasteiger partial charge < -0.3 is 20.6 Å². The number of aliphatic hydroxyl groups excluding tert-OH is 1. The fraction of sp³-hybridized carbons (Fsp3) is 0.396. The average molecular weight is 1110 g/mol. The summed E-state index contributed by atoms with van der Waals surface area (Å²) < 4.78 is 3.10. The third-order valence-corrected chi connectivity index (χ3v) is 16.7. The molecule has 1 saturated heterocycles. The van der Waals surface area contributed by atoms with Gasteiger partial charge in [-0.25, -0.2) is 0 Å². The van der Waals surface area contributed by atoms with Gasteiger partial charge in [0, 0.05) is 49.3 Å². The molecule has 11 rings (SSSR count). The number of anilines is 2. The van der Waals surface area contributed by atoms with Gasteiger partial charge in [-0.15, -0.1) is 10.2 Å². The first kappa shape index (κ1) is 52.3. The maximum Gasteiger partial charge on any atom is 0.234 e. The first-order chi connectivity index (χ1) is 35.8. The standard InChI is InChI=1S/C29H31Cl2N7OS.C24H21Cl2N5O2S/c1-36-12-14-37(15-13-36)19-29(10-11-29)9-8-20-2-6-25(23(30)16-20)32-27(39)18-40-28-33-34-35-38(28)26-7-5-22(17-24(26)31)21-3-4-21;25-18-11-15(7-8-24(14-32)9-10-24)1-5-20(18)27-22(33)13-34-23-28-29-30-31(23)21-6-4-17(12-19(21)26)16-2-3-16/h2,5-7,16-17,21H,3-4,10-15,18-19H2,1H3,(H,32,39);1,4-6,11-12,16,32H,2-3,9-10,13-14H2,(H,27,33). The molecule has 4 aliphatic carbocycles. The molecule has 5 fully saturated rings. The summed E-state index contributed by atoms with van der Waals surface area (Å²) in [5.41, 5.74) is 6.32. The van der Waals surface area contributed by atoms with Crippen LogP contribution < -0.4 is 10.6 Å². The number of piperazine rings is 1. The Hall–Kier alpha value is -5.18. The van der Waals surface area contributed by atoms with E-state index in [-0.39, 0.29) is 40.8 Å². The molecule has 0 spiro atoms. The highest BCUT2D eigenvalue weighted by atomic mass is 35.5. The van der Waals surface area contributed by atoms with Crippen LogP contribution in [-0.4, -0.2) is 125 Å². The number of carbonyl (C=O) groups is 2. The molecule has 1 aliphatic heterocycles. The summed E-state index contributed by atoms with van der Waals surface area (Å²) in [6.07, 6.45) is 8.92. The zero-order valence-electron chi connectivity index (χ0n) is 40.5. The summed E-state index contributed by atoms with van der Waals surface area (Å²) in [5, 5.41) is 41.8. The van der Waals surface area contributed by atoms with Crippen molar-refractivity contribution in [2.75, 3.05) is 68.5 Å². The SMILES string of the molecule is CN1CCN(CC2(C#Cc3ccc(NC(=O)CSc4nnnn4-c4ccc(C5CC5)cc4Cl)c(Cl)c3)CC2)CC1.O=C(CSc1nnnn1-c1ccc(C2CC2)cc1Cl)Nc1ccc(C#CC2(CO)CC2)cc1Cl. The van der Waals surface area contributed by atoms with Crippen LogP contribution >= 0.6 is 69.9 Å². The molecule has 2 amide bonds. The highest BCUT2D eigenvalue weighted by molar-refractivity contribution is 8.00. The lowest BCUT2D eigenvalue weighted by Crippen LogP contribution is -2.46. The van der Waals surface area contributed by atoms with Crippen molar-refractivity contribution in [1.82, 2.24) is 50.2 Å². The Labute approximate surface area is 458 Å². The van der Waals surface area contributed by atoms with Crippen molar-refractivity contribution in [3.63, 3.8) is 0 Å². The molecule has 3 N–H and O–H groups in total. The van der Waals surface area contributed by atoms with Crippen LogP contribution in [0.25, 0.3) is 11.4 Å². The average Bonchev–Trinajstić information content (AvgIpc) is 4.21. The number of nitrogens with zero attached hydrogens (tertiary/aromatic N) is 10. The second-order valence-corrected chi connectivity index (χ2v) is 23.1. The van der Waals surface area contributed by atoms with Gasteiger partial charge in [0.05, 0.1) is 66.4 Å². The van der Waals surface area contributed by atoms with E-state index in [1.807, 2.05) is 42.5 Å². The number of tetrazole rings is 2. The molecule has 0 radical (unpaired) electrons. The molecule has 21 heteroatoms. The molecule has 6 aromatic rings. The smallest absolute Gasteiger partial charge is 0.234 e. The van der Waals surface area contributed by atoms with Gasteiger partial charge in [-0.1, -0.05) is 106 Å². The summed E-state index contributed by atoms with van der Waals surface area (Å²) in [6.45, 7) is 5.55. The Bertz CT molecular complexity index is 3200. The maximum atomic E-state index is 12.7. The molecule has 0 unspecified atom stereocenters. The van der Waals surface area contributed by atoms with Gasteiger partial charge >= 0.3 is 0 Å². The molecule has 3 heterocycles. The fourth-order valence-electron chi connectivity index (χ4n) is 8.38. The number of rotatable bonds is 15. The lowest BCUT2D eigenvalue weighted by molar-refractivity contribution is -0.114. The Morgan fingerprint density at radius 1 is 0.635 bits per heavy atom. The number of hydrogen-bond donors (Lipinski definition) is 3. The molecule has 5 aliphatic rings. The van der Waals surface area contributed by atoms with Gasteiger partial charge in [0.2, 0.25) is 22.1 Å². The van der Waals surface area contributed by atoms with Crippen LogP contribution in [0.15, 0.2) is 83.1 Å². The molecule has 0 bridgehead atoms. The minimum atomic E-state index is -0.254. The number of aromatic nitrogens is 8. The van der Waals surface area contributed by atoms with Gasteiger partial charge in [0.15, 0.2) is 0 Å². The monoisotopic (exact) mass is 1110 g/mol. The van der Waals surface area contributed by atoms with E-state index in [2.05, 4.69) is 88.3 Å². The molecule has 15 nitrogen and oxygen atoms in total. The molecular weight excluding hydrogens is 1060 g/mol. The molecule has 2 aromatic heterocycles. The highest BCUT2D eigenvalue weighted by Crippen LogP contribution is 2.47. The number of amides is 2. The molecule has 74 heavy (non-hydrogen) atoms. The zero-order valence-corrected chi connectivity index (χ0v) is 45.1. The second kappa shape index (κ2) is 23.0. The van der Waals surface area contributed by atoms with Gasteiger partial charge in [-0.3, -0.25) is 14.5 Å². The van der Waals surface area contributed by atoms with Gasteiger partial charge in [0.1, 0.15) is 0 Å². The number of nitrogens with one attached hydrogen (secondary N) is 2. The fourth-order valence-corrected chi connectivity index (χ4v) is 10.7. The maximum absolute atomic E-state index is 12.7. The van der Waals surface area contributed by atoms with Crippen molar-refractivity contribution in [3.8, 4) is 35.1 Å². The van der Waals surface area contributed by atoms with E-state index in [9.17, 15) is 14.7 Å². The minimum absolute atomic E-state index is 0.0702.